The van der Waals surface area contributed by atoms with E-state index in [9.17, 15) is 0 Å². The second-order valence-electron chi connectivity index (χ2n) is 4.30. The molecule has 0 saturated heterocycles. The summed E-state index contributed by atoms with van der Waals surface area (Å²) in [7, 11) is 1.79. The summed E-state index contributed by atoms with van der Waals surface area (Å²) in [6.07, 6.45) is 3.22. The Labute approximate surface area is 96.2 Å². The van der Waals surface area contributed by atoms with Gasteiger partial charge in [-0.15, -0.1) is 0 Å². The van der Waals surface area contributed by atoms with Crippen molar-refractivity contribution in [1.82, 2.24) is 9.97 Å². The van der Waals surface area contributed by atoms with Gasteiger partial charge < -0.3 is 14.8 Å². The average Bonchev–Trinajstić information content (AvgIpc) is 2.23. The van der Waals surface area contributed by atoms with Gasteiger partial charge in [0.2, 0.25) is 5.88 Å². The molecule has 5 nitrogen and oxygen atoms in total. The third-order valence-electron chi connectivity index (χ3n) is 1.74. The summed E-state index contributed by atoms with van der Waals surface area (Å²) in [6.45, 7) is 7.03. The van der Waals surface area contributed by atoms with Gasteiger partial charge in [0.15, 0.2) is 0 Å². The fourth-order valence-electron chi connectivity index (χ4n) is 1.03. The lowest BCUT2D eigenvalue weighted by Crippen LogP contribution is -2.22. The molecule has 0 spiro atoms. The number of ether oxygens (including phenoxy) is 2. The zero-order valence-corrected chi connectivity index (χ0v) is 10.3. The van der Waals surface area contributed by atoms with Gasteiger partial charge in [0.05, 0.1) is 24.6 Å². The van der Waals surface area contributed by atoms with Crippen molar-refractivity contribution in [2.45, 2.75) is 26.4 Å². The Morgan fingerprint density at radius 2 is 2.00 bits per heavy atom. The van der Waals surface area contributed by atoms with Crippen LogP contribution in [0.15, 0.2) is 12.4 Å². The van der Waals surface area contributed by atoms with Gasteiger partial charge in [-0.05, 0) is 20.8 Å². The van der Waals surface area contributed by atoms with Crippen LogP contribution >= 0.6 is 0 Å². The maximum absolute atomic E-state index is 5.52. The van der Waals surface area contributed by atoms with Gasteiger partial charge in [0.1, 0.15) is 12.4 Å². The van der Waals surface area contributed by atoms with Crippen molar-refractivity contribution in [2.24, 2.45) is 0 Å². The second-order valence-corrected chi connectivity index (χ2v) is 4.30. The van der Waals surface area contributed by atoms with Crippen molar-refractivity contribution in [3.05, 3.63) is 12.4 Å². The first-order chi connectivity index (χ1) is 7.51. The van der Waals surface area contributed by atoms with Gasteiger partial charge in [0.25, 0.3) is 0 Å². The van der Waals surface area contributed by atoms with E-state index in [1.165, 1.54) is 0 Å². The number of aromatic nitrogens is 2. The fourth-order valence-corrected chi connectivity index (χ4v) is 1.03. The molecule has 5 heteroatoms. The van der Waals surface area contributed by atoms with E-state index in [2.05, 4.69) is 15.3 Å². The van der Waals surface area contributed by atoms with Gasteiger partial charge in [-0.1, -0.05) is 0 Å². The van der Waals surface area contributed by atoms with Gasteiger partial charge in [-0.3, -0.25) is 4.98 Å². The van der Waals surface area contributed by atoms with E-state index in [1.807, 2.05) is 20.8 Å². The second kappa shape index (κ2) is 5.65. The van der Waals surface area contributed by atoms with Gasteiger partial charge >= 0.3 is 0 Å². The molecule has 1 rings (SSSR count). The molecule has 0 aromatic carbocycles. The Morgan fingerprint density at radius 1 is 1.25 bits per heavy atom. The molecule has 0 aliphatic rings. The third kappa shape index (κ3) is 4.93. The number of hydrogen-bond acceptors (Lipinski definition) is 5. The van der Waals surface area contributed by atoms with Gasteiger partial charge in [0, 0.05) is 7.05 Å². The predicted molar refractivity (Wildman–Crippen MR) is 62.8 cm³/mol. The highest BCUT2D eigenvalue weighted by molar-refractivity contribution is 5.31. The van der Waals surface area contributed by atoms with Crippen LogP contribution in [0, 0.1) is 0 Å². The topological polar surface area (TPSA) is 56.3 Å². The van der Waals surface area contributed by atoms with E-state index in [0.29, 0.717) is 24.9 Å². The first-order valence-corrected chi connectivity index (χ1v) is 5.28. The number of nitrogens with zero attached hydrogens (tertiary/aromatic N) is 2. The largest absolute Gasteiger partial charge is 0.474 e. The maximum atomic E-state index is 5.52. The van der Waals surface area contributed by atoms with Crippen molar-refractivity contribution in [3.63, 3.8) is 0 Å². The summed E-state index contributed by atoms with van der Waals surface area (Å²) in [5.41, 5.74) is -0.137. The normalized spacial score (nSPS) is 11.2. The van der Waals surface area contributed by atoms with Crippen LogP contribution < -0.4 is 10.1 Å². The van der Waals surface area contributed by atoms with Crippen LogP contribution in [0.4, 0.5) is 5.82 Å². The van der Waals surface area contributed by atoms with Crippen LogP contribution in [0.3, 0.4) is 0 Å². The fraction of sp³-hybridized carbons (Fsp3) is 0.636. The molecule has 16 heavy (non-hydrogen) atoms. The highest BCUT2D eigenvalue weighted by Crippen LogP contribution is 2.09. The van der Waals surface area contributed by atoms with Crippen LogP contribution in [0.2, 0.25) is 0 Å². The maximum Gasteiger partial charge on any atom is 0.234 e. The first-order valence-electron chi connectivity index (χ1n) is 5.28. The van der Waals surface area contributed by atoms with Crippen molar-refractivity contribution < 1.29 is 9.47 Å². The Balaban J connectivity index is 2.32. The minimum absolute atomic E-state index is 0.137. The van der Waals surface area contributed by atoms with Crippen LogP contribution in [-0.4, -0.2) is 35.8 Å². The number of rotatable bonds is 5. The van der Waals surface area contributed by atoms with Crippen LogP contribution in [0.5, 0.6) is 5.88 Å². The van der Waals surface area contributed by atoms with E-state index < -0.39 is 0 Å². The van der Waals surface area contributed by atoms with Crippen LogP contribution in [0.25, 0.3) is 0 Å². The average molecular weight is 225 g/mol. The SMILES string of the molecule is CNc1cncc(OCCOC(C)(C)C)n1. The number of nitrogens with one attached hydrogen (secondary N) is 1. The van der Waals surface area contributed by atoms with E-state index in [1.54, 1.807) is 19.4 Å². The van der Waals surface area contributed by atoms with Crippen molar-refractivity contribution >= 4 is 5.82 Å². The number of anilines is 1. The summed E-state index contributed by atoms with van der Waals surface area (Å²) < 4.78 is 10.9. The molecule has 0 amide bonds. The first kappa shape index (κ1) is 12.7. The Morgan fingerprint density at radius 3 is 2.62 bits per heavy atom. The Bertz CT molecular complexity index is 323. The Kier molecular flexibility index (Phi) is 4.49. The molecule has 0 radical (unpaired) electrons. The molecule has 0 bridgehead atoms. The van der Waals surface area contributed by atoms with Gasteiger partial charge in [-0.2, -0.15) is 4.98 Å². The van der Waals surface area contributed by atoms with Crippen LogP contribution in [0.1, 0.15) is 20.8 Å². The Hall–Kier alpha value is -1.36. The smallest absolute Gasteiger partial charge is 0.234 e. The molecular formula is C11H19N3O2. The van der Waals surface area contributed by atoms with Crippen molar-refractivity contribution in [2.75, 3.05) is 25.6 Å². The lowest BCUT2D eigenvalue weighted by molar-refractivity contribution is -0.0168. The molecule has 0 aliphatic carbocycles. The molecule has 0 saturated carbocycles. The van der Waals surface area contributed by atoms with Crippen molar-refractivity contribution in [1.29, 1.82) is 0 Å². The molecular weight excluding hydrogens is 206 g/mol. The summed E-state index contributed by atoms with van der Waals surface area (Å²) in [6, 6.07) is 0. The van der Waals surface area contributed by atoms with E-state index >= 15 is 0 Å². The highest BCUT2D eigenvalue weighted by atomic mass is 16.5. The lowest BCUT2D eigenvalue weighted by atomic mass is 10.2. The molecule has 0 unspecified atom stereocenters. The molecule has 0 aliphatic heterocycles. The molecule has 1 heterocycles. The standard InChI is InChI=1S/C11H19N3O2/c1-11(2,3)16-6-5-15-10-8-13-7-9(12-4)14-10/h7-8H,5-6H2,1-4H3,(H,12,14). The minimum atomic E-state index is -0.137. The molecule has 1 N–H and O–H groups in total. The number of hydrogen-bond donors (Lipinski definition) is 1. The molecule has 1 aromatic heterocycles. The summed E-state index contributed by atoms with van der Waals surface area (Å²) >= 11 is 0. The van der Waals surface area contributed by atoms with E-state index in [0.717, 1.165) is 0 Å². The van der Waals surface area contributed by atoms with Gasteiger partial charge in [-0.25, -0.2) is 0 Å². The predicted octanol–water partition coefficient (Wildman–Crippen LogP) is 1.71. The zero-order valence-electron chi connectivity index (χ0n) is 10.3. The summed E-state index contributed by atoms with van der Waals surface area (Å²) in [5.74, 6) is 1.19. The highest BCUT2D eigenvalue weighted by Gasteiger charge is 2.09. The molecule has 90 valence electrons. The van der Waals surface area contributed by atoms with Crippen LogP contribution in [-0.2, 0) is 4.74 Å². The molecule has 1 aromatic rings. The quantitative estimate of drug-likeness (QED) is 0.773. The monoisotopic (exact) mass is 225 g/mol. The molecule has 0 atom stereocenters. The molecule has 0 fully saturated rings. The van der Waals surface area contributed by atoms with E-state index in [4.69, 9.17) is 9.47 Å². The van der Waals surface area contributed by atoms with Crippen molar-refractivity contribution in [3.8, 4) is 5.88 Å². The summed E-state index contributed by atoms with van der Waals surface area (Å²) in [4.78, 5) is 8.17. The zero-order chi connectivity index (χ0) is 12.0. The third-order valence-corrected chi connectivity index (χ3v) is 1.74. The van der Waals surface area contributed by atoms with E-state index in [-0.39, 0.29) is 5.60 Å². The lowest BCUT2D eigenvalue weighted by Gasteiger charge is -2.19. The minimum Gasteiger partial charge on any atom is -0.474 e. The summed E-state index contributed by atoms with van der Waals surface area (Å²) in [5, 5.41) is 2.90.